The van der Waals surface area contributed by atoms with Crippen LogP contribution in [0.25, 0.3) is 6.08 Å². The van der Waals surface area contributed by atoms with E-state index in [1.807, 2.05) is 42.5 Å². The van der Waals surface area contributed by atoms with Crippen LogP contribution in [0.15, 0.2) is 47.4 Å². The van der Waals surface area contributed by atoms with E-state index in [2.05, 4.69) is 24.1 Å². The van der Waals surface area contributed by atoms with Gasteiger partial charge in [-0.1, -0.05) is 32.0 Å². The minimum Gasteiger partial charge on any atom is -0.493 e. The number of imide groups is 1. The van der Waals surface area contributed by atoms with Gasteiger partial charge in [0.05, 0.1) is 11.5 Å². The summed E-state index contributed by atoms with van der Waals surface area (Å²) in [4.78, 5) is 27.7. The fourth-order valence-corrected chi connectivity index (χ4v) is 3.15. The molecule has 0 unspecified atom stereocenters. The van der Waals surface area contributed by atoms with Crippen molar-refractivity contribution in [3.8, 4) is 5.75 Å². The van der Waals surface area contributed by atoms with Crippen LogP contribution in [-0.4, -0.2) is 22.7 Å². The molecule has 1 aliphatic rings. The molecule has 0 bridgehead atoms. The van der Waals surface area contributed by atoms with E-state index < -0.39 is 0 Å². The van der Waals surface area contributed by atoms with Gasteiger partial charge in [-0.25, -0.2) is 0 Å². The predicted molar refractivity (Wildman–Crippen MR) is 103 cm³/mol. The lowest BCUT2D eigenvalue weighted by Gasteiger charge is -2.09. The maximum Gasteiger partial charge on any atom is 0.290 e. The summed E-state index contributed by atoms with van der Waals surface area (Å²) in [6.07, 6.45) is 2.43. The third kappa shape index (κ3) is 4.73. The molecule has 0 atom stereocenters. The Morgan fingerprint density at radius 3 is 2.58 bits per heavy atom. The van der Waals surface area contributed by atoms with E-state index in [-0.39, 0.29) is 11.1 Å². The van der Waals surface area contributed by atoms with E-state index in [1.165, 1.54) is 0 Å². The molecular formula is C20H20N2O3S. The lowest BCUT2D eigenvalue weighted by atomic mass is 10.1. The van der Waals surface area contributed by atoms with Gasteiger partial charge in [0.1, 0.15) is 5.75 Å². The molecule has 2 aromatic rings. The first-order valence-corrected chi connectivity index (χ1v) is 9.26. The van der Waals surface area contributed by atoms with Crippen LogP contribution in [0.5, 0.6) is 5.75 Å². The minimum atomic E-state index is -0.351. The van der Waals surface area contributed by atoms with E-state index >= 15 is 0 Å². The summed E-state index contributed by atoms with van der Waals surface area (Å²) in [5.74, 6) is 0.816. The molecule has 1 aromatic heterocycles. The van der Waals surface area contributed by atoms with Crippen LogP contribution in [0.2, 0.25) is 0 Å². The molecule has 5 nitrogen and oxygen atoms in total. The monoisotopic (exact) mass is 368 g/mol. The highest BCUT2D eigenvalue weighted by Gasteiger charge is 2.24. The van der Waals surface area contributed by atoms with Crippen molar-refractivity contribution in [3.05, 3.63) is 64.3 Å². The summed E-state index contributed by atoms with van der Waals surface area (Å²) in [7, 11) is 0. The van der Waals surface area contributed by atoms with Crippen molar-refractivity contribution in [2.45, 2.75) is 26.2 Å². The Balaban J connectivity index is 1.55. The highest BCUT2D eigenvalue weighted by Crippen LogP contribution is 2.26. The second kappa shape index (κ2) is 8.19. The van der Waals surface area contributed by atoms with Crippen LogP contribution in [-0.2, 0) is 11.2 Å². The number of pyridine rings is 1. The Hall–Kier alpha value is -2.60. The fourth-order valence-electron chi connectivity index (χ4n) is 2.47. The average Bonchev–Trinajstić information content (AvgIpc) is 2.94. The number of rotatable bonds is 6. The Morgan fingerprint density at radius 1 is 1.15 bits per heavy atom. The first-order valence-electron chi connectivity index (χ1n) is 8.45. The zero-order valence-corrected chi connectivity index (χ0v) is 15.5. The van der Waals surface area contributed by atoms with Crippen molar-refractivity contribution in [1.29, 1.82) is 0 Å². The number of thioether (sulfide) groups is 1. The molecule has 134 valence electrons. The van der Waals surface area contributed by atoms with Gasteiger partial charge in [0.15, 0.2) is 0 Å². The molecule has 26 heavy (non-hydrogen) atoms. The number of carbonyl (C=O) groups is 2. The molecule has 0 aliphatic carbocycles. The molecule has 1 aromatic carbocycles. The van der Waals surface area contributed by atoms with Gasteiger partial charge in [-0.15, -0.1) is 0 Å². The third-order valence-corrected chi connectivity index (χ3v) is 4.68. The van der Waals surface area contributed by atoms with Crippen LogP contribution in [0.3, 0.4) is 0 Å². The number of hydrogen-bond acceptors (Lipinski definition) is 5. The van der Waals surface area contributed by atoms with E-state index in [0.29, 0.717) is 17.4 Å². The molecule has 0 radical (unpaired) electrons. The first kappa shape index (κ1) is 18.2. The summed E-state index contributed by atoms with van der Waals surface area (Å²) >= 11 is 0.911. The maximum atomic E-state index is 11.5. The number of nitrogens with zero attached hydrogens (tertiary/aromatic N) is 1. The zero-order chi connectivity index (χ0) is 18.5. The number of carbonyl (C=O) groups excluding carboxylic acids is 2. The van der Waals surface area contributed by atoms with Crippen molar-refractivity contribution in [2.24, 2.45) is 0 Å². The largest absolute Gasteiger partial charge is 0.493 e. The average molecular weight is 368 g/mol. The van der Waals surface area contributed by atoms with Crippen molar-refractivity contribution in [3.63, 3.8) is 0 Å². The fraction of sp³-hybridized carbons (Fsp3) is 0.250. The molecule has 2 amide bonds. The molecule has 1 saturated heterocycles. The minimum absolute atomic E-state index is 0.337. The van der Waals surface area contributed by atoms with Gasteiger partial charge in [-0.2, -0.15) is 0 Å². The molecule has 6 heteroatoms. The molecular weight excluding hydrogens is 348 g/mol. The van der Waals surface area contributed by atoms with E-state index in [9.17, 15) is 9.59 Å². The zero-order valence-electron chi connectivity index (χ0n) is 14.7. The van der Waals surface area contributed by atoms with Crippen LogP contribution in [0.1, 0.15) is 36.7 Å². The topological polar surface area (TPSA) is 68.3 Å². The van der Waals surface area contributed by atoms with Gasteiger partial charge in [-0.3, -0.25) is 19.9 Å². The molecule has 1 N–H and O–H groups in total. The second-order valence-electron chi connectivity index (χ2n) is 6.23. The Kier molecular flexibility index (Phi) is 5.73. The van der Waals surface area contributed by atoms with Crippen molar-refractivity contribution >= 4 is 29.0 Å². The SMILES string of the molecule is CC(C)c1cccc(CCOc2ccc(C=C3SC(=O)NC3=O)cc2)n1. The lowest BCUT2D eigenvalue weighted by Crippen LogP contribution is -2.17. The molecule has 0 spiro atoms. The number of hydrogen-bond donors (Lipinski definition) is 1. The molecule has 0 saturated carbocycles. The Morgan fingerprint density at radius 2 is 1.92 bits per heavy atom. The lowest BCUT2D eigenvalue weighted by molar-refractivity contribution is -0.115. The summed E-state index contributed by atoms with van der Waals surface area (Å²) in [6, 6.07) is 13.5. The summed E-state index contributed by atoms with van der Waals surface area (Å²) in [6.45, 7) is 4.80. The first-order chi connectivity index (χ1) is 12.5. The van der Waals surface area contributed by atoms with Crippen molar-refractivity contribution < 1.29 is 14.3 Å². The normalized spacial score (nSPS) is 15.6. The van der Waals surface area contributed by atoms with E-state index in [4.69, 9.17) is 4.74 Å². The van der Waals surface area contributed by atoms with Gasteiger partial charge >= 0.3 is 0 Å². The highest BCUT2D eigenvalue weighted by molar-refractivity contribution is 8.18. The quantitative estimate of drug-likeness (QED) is 0.776. The van der Waals surface area contributed by atoms with Crippen LogP contribution in [0, 0.1) is 0 Å². The smallest absolute Gasteiger partial charge is 0.290 e. The molecule has 1 fully saturated rings. The van der Waals surface area contributed by atoms with Gasteiger partial charge in [0.25, 0.3) is 11.1 Å². The number of amides is 2. The van der Waals surface area contributed by atoms with Crippen molar-refractivity contribution in [1.82, 2.24) is 10.3 Å². The Labute approximate surface area is 156 Å². The number of aromatic nitrogens is 1. The van der Waals surface area contributed by atoms with Crippen LogP contribution in [0.4, 0.5) is 4.79 Å². The van der Waals surface area contributed by atoms with E-state index in [0.717, 1.165) is 40.9 Å². The Bertz CT molecular complexity index is 844. The standard InChI is InChI=1S/C20H20N2O3S/c1-13(2)17-5-3-4-15(21-17)10-11-25-16-8-6-14(7-9-16)12-18-19(23)22-20(24)26-18/h3-9,12-13H,10-11H2,1-2H3,(H,22,23,24). The number of benzene rings is 1. The summed E-state index contributed by atoms with van der Waals surface area (Å²) < 4.78 is 5.77. The maximum absolute atomic E-state index is 11.5. The third-order valence-electron chi connectivity index (χ3n) is 3.87. The van der Waals surface area contributed by atoms with Crippen LogP contribution < -0.4 is 10.1 Å². The highest BCUT2D eigenvalue weighted by atomic mass is 32.2. The summed E-state index contributed by atoms with van der Waals surface area (Å²) in [5, 5.41) is 1.90. The molecule has 1 aliphatic heterocycles. The number of ether oxygens (including phenoxy) is 1. The molecule has 3 rings (SSSR count). The van der Waals surface area contributed by atoms with Gasteiger partial charge in [-0.05, 0) is 53.6 Å². The molecule has 2 heterocycles. The second-order valence-corrected chi connectivity index (χ2v) is 7.24. The van der Waals surface area contributed by atoms with Crippen molar-refractivity contribution in [2.75, 3.05) is 6.61 Å². The van der Waals surface area contributed by atoms with E-state index in [1.54, 1.807) is 6.08 Å². The predicted octanol–water partition coefficient (Wildman–Crippen LogP) is 4.15. The summed E-state index contributed by atoms with van der Waals surface area (Å²) in [5.41, 5.74) is 2.95. The van der Waals surface area contributed by atoms with Gasteiger partial charge < -0.3 is 4.74 Å². The van der Waals surface area contributed by atoms with Crippen LogP contribution >= 0.6 is 11.8 Å². The number of nitrogens with one attached hydrogen (secondary N) is 1. The van der Waals surface area contributed by atoms with Gasteiger partial charge in [0.2, 0.25) is 0 Å². The van der Waals surface area contributed by atoms with Gasteiger partial charge in [0, 0.05) is 17.8 Å².